The minimum absolute atomic E-state index is 0.200. The van der Waals surface area contributed by atoms with Crippen LogP contribution in [0.25, 0.3) is 0 Å². The topological polar surface area (TPSA) is 15.3 Å². The number of nitrogens with zero attached hydrogens (tertiary/aromatic N) is 1. The van der Waals surface area contributed by atoms with Crippen molar-refractivity contribution < 1.29 is 0 Å². The van der Waals surface area contributed by atoms with Crippen LogP contribution in [0.2, 0.25) is 0 Å². The summed E-state index contributed by atoms with van der Waals surface area (Å²) in [5.74, 6) is 0. The van der Waals surface area contributed by atoms with Crippen molar-refractivity contribution in [3.05, 3.63) is 21.9 Å². The summed E-state index contributed by atoms with van der Waals surface area (Å²) < 4.78 is 0. The highest BCUT2D eigenvalue weighted by molar-refractivity contribution is 7.11. The maximum atomic E-state index is 3.56. The lowest BCUT2D eigenvalue weighted by Gasteiger charge is -2.32. The van der Waals surface area contributed by atoms with Gasteiger partial charge in [0, 0.05) is 34.4 Å². The predicted octanol–water partition coefficient (Wildman–Crippen LogP) is 4.01. The molecule has 1 N–H and O–H groups in total. The molecule has 0 amide bonds. The summed E-state index contributed by atoms with van der Waals surface area (Å²) in [6.07, 6.45) is 4.14. The Kier molecular flexibility index (Phi) is 5.04. The van der Waals surface area contributed by atoms with Gasteiger partial charge in [0.2, 0.25) is 0 Å². The highest BCUT2D eigenvalue weighted by Gasteiger charge is 2.18. The SMILES string of the molecule is CC1CCCCN1Cc1ccc(CNC(C)(C)C)s1. The van der Waals surface area contributed by atoms with Crippen LogP contribution in [0.3, 0.4) is 0 Å². The van der Waals surface area contributed by atoms with Crippen molar-refractivity contribution in [2.45, 2.75) is 71.6 Å². The summed E-state index contributed by atoms with van der Waals surface area (Å²) >= 11 is 1.97. The van der Waals surface area contributed by atoms with Gasteiger partial charge in [-0.2, -0.15) is 0 Å². The third kappa shape index (κ3) is 4.90. The second kappa shape index (κ2) is 6.38. The average Bonchev–Trinajstić information content (AvgIpc) is 2.77. The van der Waals surface area contributed by atoms with E-state index in [0.717, 1.165) is 19.1 Å². The zero-order chi connectivity index (χ0) is 13.9. The summed E-state index contributed by atoms with van der Waals surface area (Å²) in [5, 5.41) is 3.56. The second-order valence-corrected chi connectivity index (χ2v) is 8.04. The lowest BCUT2D eigenvalue weighted by Crippen LogP contribution is -2.36. The quantitative estimate of drug-likeness (QED) is 0.896. The molecule has 0 saturated carbocycles. The van der Waals surface area contributed by atoms with Crippen LogP contribution in [0.15, 0.2) is 12.1 Å². The second-order valence-electron chi connectivity index (χ2n) is 6.79. The van der Waals surface area contributed by atoms with E-state index in [0.29, 0.717) is 0 Å². The van der Waals surface area contributed by atoms with Crippen molar-refractivity contribution in [2.24, 2.45) is 0 Å². The zero-order valence-electron chi connectivity index (χ0n) is 12.8. The van der Waals surface area contributed by atoms with Crippen molar-refractivity contribution in [2.75, 3.05) is 6.54 Å². The van der Waals surface area contributed by atoms with Gasteiger partial charge in [-0.3, -0.25) is 4.90 Å². The molecular formula is C16H28N2S. The van der Waals surface area contributed by atoms with Crippen LogP contribution >= 0.6 is 11.3 Å². The van der Waals surface area contributed by atoms with Crippen LogP contribution in [0.5, 0.6) is 0 Å². The Bertz CT molecular complexity index is 392. The van der Waals surface area contributed by atoms with E-state index >= 15 is 0 Å². The van der Waals surface area contributed by atoms with Crippen LogP contribution in [-0.4, -0.2) is 23.0 Å². The van der Waals surface area contributed by atoms with Crippen LogP contribution in [0.1, 0.15) is 56.7 Å². The Morgan fingerprint density at radius 1 is 1.26 bits per heavy atom. The van der Waals surface area contributed by atoms with Crippen LogP contribution in [0, 0.1) is 0 Å². The number of piperidine rings is 1. The molecule has 1 aromatic heterocycles. The van der Waals surface area contributed by atoms with Gasteiger partial charge in [0.1, 0.15) is 0 Å². The van der Waals surface area contributed by atoms with E-state index in [-0.39, 0.29) is 5.54 Å². The van der Waals surface area contributed by atoms with E-state index < -0.39 is 0 Å². The largest absolute Gasteiger partial charge is 0.307 e. The average molecular weight is 280 g/mol. The first-order valence-corrected chi connectivity index (χ1v) is 8.32. The predicted molar refractivity (Wildman–Crippen MR) is 84.6 cm³/mol. The summed E-state index contributed by atoms with van der Waals surface area (Å²) in [6, 6.07) is 5.35. The molecule has 0 aliphatic carbocycles. The molecule has 19 heavy (non-hydrogen) atoms. The number of likely N-dealkylation sites (tertiary alicyclic amines) is 1. The molecule has 1 fully saturated rings. The maximum absolute atomic E-state index is 3.56. The molecule has 108 valence electrons. The number of nitrogens with one attached hydrogen (secondary N) is 1. The van der Waals surface area contributed by atoms with E-state index in [4.69, 9.17) is 0 Å². The van der Waals surface area contributed by atoms with Gasteiger partial charge >= 0.3 is 0 Å². The van der Waals surface area contributed by atoms with Gasteiger partial charge in [-0.05, 0) is 59.2 Å². The molecule has 1 atom stereocenters. The Morgan fingerprint density at radius 2 is 2.00 bits per heavy atom. The standard InChI is InChI=1S/C16H28N2S/c1-13-7-5-6-10-18(13)12-15-9-8-14(19-15)11-17-16(2,3)4/h8-9,13,17H,5-7,10-12H2,1-4H3. The Hall–Kier alpha value is -0.380. The normalized spacial score (nSPS) is 21.8. The lowest BCUT2D eigenvalue weighted by atomic mass is 10.0. The summed E-state index contributed by atoms with van der Waals surface area (Å²) in [4.78, 5) is 5.60. The number of hydrogen-bond donors (Lipinski definition) is 1. The zero-order valence-corrected chi connectivity index (χ0v) is 13.6. The Labute approximate surface area is 122 Å². The number of hydrogen-bond acceptors (Lipinski definition) is 3. The molecule has 1 saturated heterocycles. The van der Waals surface area contributed by atoms with Crippen LogP contribution in [-0.2, 0) is 13.1 Å². The highest BCUT2D eigenvalue weighted by atomic mass is 32.1. The Balaban J connectivity index is 1.86. The van der Waals surface area contributed by atoms with E-state index in [1.54, 1.807) is 0 Å². The van der Waals surface area contributed by atoms with E-state index in [1.807, 2.05) is 11.3 Å². The fourth-order valence-corrected chi connectivity index (χ4v) is 3.53. The maximum Gasteiger partial charge on any atom is 0.0330 e. The monoisotopic (exact) mass is 280 g/mol. The molecule has 0 radical (unpaired) electrons. The summed E-state index contributed by atoms with van der Waals surface area (Å²) in [7, 11) is 0. The molecule has 2 rings (SSSR count). The van der Waals surface area contributed by atoms with Crippen molar-refractivity contribution in [1.82, 2.24) is 10.2 Å². The molecule has 2 heterocycles. The molecule has 0 spiro atoms. The molecular weight excluding hydrogens is 252 g/mol. The van der Waals surface area contributed by atoms with Crippen molar-refractivity contribution in [3.63, 3.8) is 0 Å². The summed E-state index contributed by atoms with van der Waals surface area (Å²) in [6.45, 7) is 12.4. The molecule has 1 unspecified atom stereocenters. The molecule has 1 aliphatic heterocycles. The minimum Gasteiger partial charge on any atom is -0.307 e. The van der Waals surface area contributed by atoms with Crippen LogP contribution < -0.4 is 5.32 Å². The summed E-state index contributed by atoms with van der Waals surface area (Å²) in [5.41, 5.74) is 0.200. The van der Waals surface area contributed by atoms with Gasteiger partial charge in [0.15, 0.2) is 0 Å². The van der Waals surface area contributed by atoms with Gasteiger partial charge in [-0.25, -0.2) is 0 Å². The molecule has 2 nitrogen and oxygen atoms in total. The first-order chi connectivity index (χ1) is 8.94. The highest BCUT2D eigenvalue weighted by Crippen LogP contribution is 2.23. The number of rotatable bonds is 4. The molecule has 3 heteroatoms. The van der Waals surface area contributed by atoms with Gasteiger partial charge in [-0.15, -0.1) is 11.3 Å². The van der Waals surface area contributed by atoms with Gasteiger partial charge in [0.05, 0.1) is 0 Å². The molecule has 0 aromatic carbocycles. The van der Waals surface area contributed by atoms with E-state index in [1.165, 1.54) is 35.6 Å². The van der Waals surface area contributed by atoms with E-state index in [9.17, 15) is 0 Å². The fourth-order valence-electron chi connectivity index (χ4n) is 2.55. The van der Waals surface area contributed by atoms with Crippen LogP contribution in [0.4, 0.5) is 0 Å². The van der Waals surface area contributed by atoms with Crippen molar-refractivity contribution in [1.29, 1.82) is 0 Å². The lowest BCUT2D eigenvalue weighted by molar-refractivity contribution is 0.154. The van der Waals surface area contributed by atoms with Gasteiger partial charge < -0.3 is 5.32 Å². The number of thiophene rings is 1. The third-order valence-corrected chi connectivity index (χ3v) is 4.88. The van der Waals surface area contributed by atoms with Gasteiger partial charge in [0.25, 0.3) is 0 Å². The minimum atomic E-state index is 0.200. The first-order valence-electron chi connectivity index (χ1n) is 7.51. The third-order valence-electron chi connectivity index (χ3n) is 3.81. The smallest absolute Gasteiger partial charge is 0.0330 e. The van der Waals surface area contributed by atoms with Crippen molar-refractivity contribution >= 4 is 11.3 Å². The molecule has 1 aromatic rings. The van der Waals surface area contributed by atoms with Crippen molar-refractivity contribution in [3.8, 4) is 0 Å². The Morgan fingerprint density at radius 3 is 2.68 bits per heavy atom. The fraction of sp³-hybridized carbons (Fsp3) is 0.750. The van der Waals surface area contributed by atoms with E-state index in [2.05, 4.69) is 50.0 Å². The first kappa shape index (κ1) is 15.0. The molecule has 1 aliphatic rings. The van der Waals surface area contributed by atoms with Gasteiger partial charge in [-0.1, -0.05) is 6.42 Å². The molecule has 0 bridgehead atoms.